The van der Waals surface area contributed by atoms with Crippen molar-refractivity contribution >= 4 is 16.8 Å². The molecule has 2 aromatic heterocycles. The highest BCUT2D eigenvalue weighted by Gasteiger charge is 2.34. The highest BCUT2D eigenvalue weighted by atomic mass is 19.1. The first-order chi connectivity index (χ1) is 13.2. The first kappa shape index (κ1) is 17.0. The standard InChI is InChI=1S/C21H25FN4O/c22-16-11-26(12-16)18-5-3-17(4-6-18)25-21(27)15-7-14-9-23-19(13-1-2-13)8-20(14)24-10-15/h7-10,13,16-18H,1-6,11-12H2,(H,25,27)/t17-,18-. The van der Waals surface area contributed by atoms with Crippen LogP contribution in [0, 0.1) is 0 Å². The van der Waals surface area contributed by atoms with Gasteiger partial charge < -0.3 is 5.32 Å². The normalized spacial score (nSPS) is 26.7. The maximum absolute atomic E-state index is 13.0. The summed E-state index contributed by atoms with van der Waals surface area (Å²) >= 11 is 0. The molecule has 0 bridgehead atoms. The van der Waals surface area contributed by atoms with E-state index in [1.54, 1.807) is 6.20 Å². The van der Waals surface area contributed by atoms with Gasteiger partial charge in [-0.2, -0.15) is 0 Å². The lowest BCUT2D eigenvalue weighted by molar-refractivity contribution is 0.0110. The van der Waals surface area contributed by atoms with Crippen molar-refractivity contribution in [1.82, 2.24) is 20.2 Å². The smallest absolute Gasteiger partial charge is 0.253 e. The SMILES string of the molecule is O=C(N[C@H]1CC[C@H](N2CC(F)C2)CC1)c1cnc2cc(C3CC3)ncc2c1. The fraction of sp³-hybridized carbons (Fsp3) is 0.571. The molecule has 1 N–H and O–H groups in total. The van der Waals surface area contributed by atoms with Crippen LogP contribution in [0.1, 0.15) is 60.5 Å². The van der Waals surface area contributed by atoms with E-state index in [1.165, 1.54) is 12.8 Å². The number of hydrogen-bond acceptors (Lipinski definition) is 4. The van der Waals surface area contributed by atoms with Gasteiger partial charge >= 0.3 is 0 Å². The summed E-state index contributed by atoms with van der Waals surface area (Å²) in [5, 5.41) is 4.06. The number of alkyl halides is 1. The zero-order chi connectivity index (χ0) is 18.4. The Hall–Kier alpha value is -2.08. The fourth-order valence-electron chi connectivity index (χ4n) is 4.37. The highest BCUT2D eigenvalue weighted by molar-refractivity contribution is 5.97. The summed E-state index contributed by atoms with van der Waals surface area (Å²) < 4.78 is 13.0. The van der Waals surface area contributed by atoms with Crippen LogP contribution in [0.25, 0.3) is 10.9 Å². The zero-order valence-corrected chi connectivity index (χ0v) is 15.4. The average Bonchev–Trinajstić information content (AvgIpc) is 3.51. The summed E-state index contributed by atoms with van der Waals surface area (Å²) in [5.74, 6) is 0.535. The predicted octanol–water partition coefficient (Wildman–Crippen LogP) is 3.20. The van der Waals surface area contributed by atoms with E-state index in [9.17, 15) is 9.18 Å². The molecule has 0 unspecified atom stereocenters. The second kappa shape index (κ2) is 6.82. The molecule has 0 radical (unpaired) electrons. The Morgan fingerprint density at radius 3 is 2.52 bits per heavy atom. The van der Waals surface area contributed by atoms with Gasteiger partial charge in [0, 0.05) is 54.6 Å². The Labute approximate surface area is 158 Å². The number of nitrogens with one attached hydrogen (secondary N) is 1. The largest absolute Gasteiger partial charge is 0.349 e. The lowest BCUT2D eigenvalue weighted by Crippen LogP contribution is -2.55. The molecule has 1 amide bonds. The second-order valence-electron chi connectivity index (χ2n) is 8.33. The van der Waals surface area contributed by atoms with E-state index >= 15 is 0 Å². The number of carbonyl (C=O) groups excluding carboxylic acids is 1. The summed E-state index contributed by atoms with van der Waals surface area (Å²) in [6, 6.07) is 4.61. The minimum atomic E-state index is -0.641. The molecule has 3 fully saturated rings. The number of fused-ring (bicyclic) bond motifs is 1. The van der Waals surface area contributed by atoms with Crippen LogP contribution in [0.2, 0.25) is 0 Å². The maximum Gasteiger partial charge on any atom is 0.253 e. The Morgan fingerprint density at radius 2 is 1.81 bits per heavy atom. The Bertz CT molecular complexity index is 854. The Kier molecular flexibility index (Phi) is 4.31. The van der Waals surface area contributed by atoms with Crippen molar-refractivity contribution in [2.45, 2.75) is 62.7 Å². The number of hydrogen-bond donors (Lipinski definition) is 1. The molecule has 2 saturated carbocycles. The van der Waals surface area contributed by atoms with Crippen LogP contribution < -0.4 is 5.32 Å². The molecule has 1 saturated heterocycles. The second-order valence-corrected chi connectivity index (χ2v) is 8.33. The number of halogens is 1. The first-order valence-corrected chi connectivity index (χ1v) is 10.1. The van der Waals surface area contributed by atoms with Gasteiger partial charge in [-0.1, -0.05) is 0 Å². The van der Waals surface area contributed by atoms with Crippen LogP contribution in [0.15, 0.2) is 24.5 Å². The number of amides is 1. The molecule has 0 spiro atoms. The number of rotatable bonds is 4. The van der Waals surface area contributed by atoms with Crippen LogP contribution in [-0.4, -0.2) is 52.1 Å². The number of carbonyl (C=O) groups is 1. The number of likely N-dealkylation sites (tertiary alicyclic amines) is 1. The van der Waals surface area contributed by atoms with Gasteiger partial charge in [0.15, 0.2) is 0 Å². The van der Waals surface area contributed by atoms with Crippen LogP contribution in [0.3, 0.4) is 0 Å². The third-order valence-electron chi connectivity index (χ3n) is 6.26. The van der Waals surface area contributed by atoms with E-state index in [0.717, 1.165) is 42.3 Å². The van der Waals surface area contributed by atoms with E-state index < -0.39 is 6.17 Å². The average molecular weight is 368 g/mol. The van der Waals surface area contributed by atoms with Crippen molar-refractivity contribution in [1.29, 1.82) is 0 Å². The first-order valence-electron chi connectivity index (χ1n) is 10.1. The van der Waals surface area contributed by atoms with Crippen molar-refractivity contribution in [3.8, 4) is 0 Å². The quantitative estimate of drug-likeness (QED) is 0.900. The molecular formula is C21H25FN4O. The molecule has 0 aromatic carbocycles. The van der Waals surface area contributed by atoms with Gasteiger partial charge in [0.25, 0.3) is 5.91 Å². The Balaban J connectivity index is 1.20. The van der Waals surface area contributed by atoms with Gasteiger partial charge in [0.1, 0.15) is 6.17 Å². The van der Waals surface area contributed by atoms with E-state index in [2.05, 4.69) is 20.2 Å². The molecule has 3 aliphatic rings. The van der Waals surface area contributed by atoms with Gasteiger partial charge in [-0.05, 0) is 50.7 Å². The van der Waals surface area contributed by atoms with E-state index in [1.807, 2.05) is 18.3 Å². The monoisotopic (exact) mass is 368 g/mol. The van der Waals surface area contributed by atoms with Gasteiger partial charge in [-0.15, -0.1) is 0 Å². The van der Waals surface area contributed by atoms with Crippen LogP contribution in [-0.2, 0) is 0 Å². The molecule has 1 aliphatic heterocycles. The van der Waals surface area contributed by atoms with Crippen molar-refractivity contribution in [2.24, 2.45) is 0 Å². The summed E-state index contributed by atoms with van der Waals surface area (Å²) in [7, 11) is 0. The lowest BCUT2D eigenvalue weighted by Gasteiger charge is -2.43. The fourth-order valence-corrected chi connectivity index (χ4v) is 4.37. The van der Waals surface area contributed by atoms with E-state index in [-0.39, 0.29) is 11.9 Å². The maximum atomic E-state index is 13.0. The minimum absolute atomic E-state index is 0.0631. The van der Waals surface area contributed by atoms with E-state index in [4.69, 9.17) is 0 Å². The summed E-state index contributed by atoms with van der Waals surface area (Å²) in [5.41, 5.74) is 2.61. The third kappa shape index (κ3) is 3.55. The van der Waals surface area contributed by atoms with Crippen LogP contribution >= 0.6 is 0 Å². The molecule has 142 valence electrons. The molecule has 6 heteroatoms. The topological polar surface area (TPSA) is 58.1 Å². The summed E-state index contributed by atoms with van der Waals surface area (Å²) in [6.45, 7) is 1.17. The van der Waals surface area contributed by atoms with Gasteiger partial charge in [-0.25, -0.2) is 4.39 Å². The number of nitrogens with zero attached hydrogens (tertiary/aromatic N) is 3. The zero-order valence-electron chi connectivity index (χ0n) is 15.4. The molecule has 5 nitrogen and oxygen atoms in total. The predicted molar refractivity (Wildman–Crippen MR) is 101 cm³/mol. The Morgan fingerprint density at radius 1 is 1.04 bits per heavy atom. The van der Waals surface area contributed by atoms with Gasteiger partial charge in [-0.3, -0.25) is 19.7 Å². The molecule has 5 rings (SSSR count). The van der Waals surface area contributed by atoms with Crippen molar-refractivity contribution in [2.75, 3.05) is 13.1 Å². The highest BCUT2D eigenvalue weighted by Crippen LogP contribution is 2.39. The van der Waals surface area contributed by atoms with Crippen LogP contribution in [0.4, 0.5) is 4.39 Å². The number of pyridine rings is 2. The van der Waals surface area contributed by atoms with E-state index in [0.29, 0.717) is 30.6 Å². The molecular weight excluding hydrogens is 343 g/mol. The molecule has 27 heavy (non-hydrogen) atoms. The molecule has 2 aromatic rings. The third-order valence-corrected chi connectivity index (χ3v) is 6.26. The van der Waals surface area contributed by atoms with Gasteiger partial charge in [0.05, 0.1) is 11.1 Å². The lowest BCUT2D eigenvalue weighted by atomic mass is 9.88. The van der Waals surface area contributed by atoms with Crippen molar-refractivity contribution < 1.29 is 9.18 Å². The summed E-state index contributed by atoms with van der Waals surface area (Å²) in [4.78, 5) is 23.9. The molecule has 0 atom stereocenters. The number of aromatic nitrogens is 2. The minimum Gasteiger partial charge on any atom is -0.349 e. The molecule has 3 heterocycles. The molecule has 2 aliphatic carbocycles. The van der Waals surface area contributed by atoms with Crippen molar-refractivity contribution in [3.05, 3.63) is 35.8 Å². The van der Waals surface area contributed by atoms with Gasteiger partial charge in [0.2, 0.25) is 0 Å². The summed E-state index contributed by atoms with van der Waals surface area (Å²) in [6.07, 6.45) is 9.26. The van der Waals surface area contributed by atoms with Crippen LogP contribution in [0.5, 0.6) is 0 Å². The van der Waals surface area contributed by atoms with Crippen molar-refractivity contribution in [3.63, 3.8) is 0 Å².